The van der Waals surface area contributed by atoms with Gasteiger partial charge in [-0.3, -0.25) is 4.90 Å². The maximum Gasteiger partial charge on any atom is 0.416 e. The SMILES string of the molecule is FC(F)(F)c1cc(CN2CCCn3ncnc3C2c2ccccc2)cc(C(F)(F)F)c1. The standard InChI is InChI=1S/C21H18F6N4/c22-20(23,24)16-9-14(10-17(11-16)21(25,26)27)12-30-7-4-8-31-19(28-13-29-31)18(30)15-5-2-1-3-6-15/h1-3,5-6,9-11,13,18H,4,7-8,12H2. The van der Waals surface area contributed by atoms with Crippen LogP contribution in [0.1, 0.15) is 40.5 Å². The van der Waals surface area contributed by atoms with Gasteiger partial charge in [0.1, 0.15) is 12.2 Å². The molecule has 31 heavy (non-hydrogen) atoms. The molecule has 0 bridgehead atoms. The first-order valence-corrected chi connectivity index (χ1v) is 9.58. The van der Waals surface area contributed by atoms with Crippen LogP contribution in [-0.2, 0) is 25.4 Å². The van der Waals surface area contributed by atoms with Crippen LogP contribution in [0, 0.1) is 0 Å². The molecule has 0 fully saturated rings. The molecule has 0 radical (unpaired) electrons. The summed E-state index contributed by atoms with van der Waals surface area (Å²) < 4.78 is 81.4. The highest BCUT2D eigenvalue weighted by Crippen LogP contribution is 2.38. The highest BCUT2D eigenvalue weighted by atomic mass is 19.4. The number of fused-ring (bicyclic) bond motifs is 1. The minimum Gasteiger partial charge on any atom is -0.285 e. The number of alkyl halides is 6. The van der Waals surface area contributed by atoms with Gasteiger partial charge >= 0.3 is 12.4 Å². The molecule has 10 heteroatoms. The van der Waals surface area contributed by atoms with Crippen LogP contribution in [0.4, 0.5) is 26.3 Å². The van der Waals surface area contributed by atoms with E-state index >= 15 is 0 Å². The molecule has 4 nitrogen and oxygen atoms in total. The van der Waals surface area contributed by atoms with Crippen molar-refractivity contribution in [2.45, 2.75) is 37.9 Å². The van der Waals surface area contributed by atoms with Gasteiger partial charge in [0.05, 0.1) is 17.2 Å². The molecule has 1 aliphatic rings. The van der Waals surface area contributed by atoms with Crippen molar-refractivity contribution < 1.29 is 26.3 Å². The predicted octanol–water partition coefficient (Wildman–Crippen LogP) is 5.31. The fraction of sp³-hybridized carbons (Fsp3) is 0.333. The van der Waals surface area contributed by atoms with Gasteiger partial charge in [-0.1, -0.05) is 30.3 Å². The zero-order valence-corrected chi connectivity index (χ0v) is 16.2. The number of halogens is 6. The summed E-state index contributed by atoms with van der Waals surface area (Å²) in [6.45, 7) is 0.924. The third kappa shape index (κ3) is 4.58. The Morgan fingerprint density at radius 1 is 0.871 bits per heavy atom. The number of aryl methyl sites for hydroxylation is 1. The Bertz CT molecular complexity index is 1010. The normalized spacial score (nSPS) is 17.9. The Morgan fingerprint density at radius 3 is 2.13 bits per heavy atom. The monoisotopic (exact) mass is 440 g/mol. The van der Waals surface area contributed by atoms with E-state index in [0.29, 0.717) is 25.3 Å². The lowest BCUT2D eigenvalue weighted by Gasteiger charge is -2.30. The fourth-order valence-electron chi connectivity index (χ4n) is 3.88. The Labute approximate surface area is 174 Å². The van der Waals surface area contributed by atoms with Crippen LogP contribution in [0.5, 0.6) is 0 Å². The van der Waals surface area contributed by atoms with Crippen molar-refractivity contribution in [2.24, 2.45) is 0 Å². The Balaban J connectivity index is 1.77. The Kier molecular flexibility index (Phi) is 5.50. The summed E-state index contributed by atoms with van der Waals surface area (Å²) in [7, 11) is 0. The summed E-state index contributed by atoms with van der Waals surface area (Å²) in [5, 5.41) is 4.21. The molecule has 1 aromatic heterocycles. The van der Waals surface area contributed by atoms with E-state index in [1.807, 2.05) is 35.2 Å². The Morgan fingerprint density at radius 2 is 1.52 bits per heavy atom. The second kappa shape index (κ2) is 7.99. The van der Waals surface area contributed by atoms with Crippen LogP contribution in [0.15, 0.2) is 54.9 Å². The van der Waals surface area contributed by atoms with Gasteiger partial charge in [-0.05, 0) is 35.7 Å². The first-order chi connectivity index (χ1) is 14.6. The molecule has 3 aromatic rings. The molecule has 1 aliphatic heterocycles. The summed E-state index contributed by atoms with van der Waals surface area (Å²) in [5.41, 5.74) is -1.85. The molecule has 0 spiro atoms. The number of aromatic nitrogens is 3. The van der Waals surface area contributed by atoms with Gasteiger partial charge in [-0.25, -0.2) is 9.67 Å². The highest BCUT2D eigenvalue weighted by Gasteiger charge is 2.37. The van der Waals surface area contributed by atoms with Crippen molar-refractivity contribution >= 4 is 0 Å². The van der Waals surface area contributed by atoms with E-state index in [9.17, 15) is 26.3 Å². The lowest BCUT2D eigenvalue weighted by Crippen LogP contribution is -2.30. The lowest BCUT2D eigenvalue weighted by atomic mass is 10.0. The molecular formula is C21H18F6N4. The third-order valence-electron chi connectivity index (χ3n) is 5.22. The summed E-state index contributed by atoms with van der Waals surface area (Å²) in [6.07, 6.45) is -7.73. The number of hydrogen-bond acceptors (Lipinski definition) is 3. The summed E-state index contributed by atoms with van der Waals surface area (Å²) in [6, 6.07) is 10.5. The van der Waals surface area contributed by atoms with E-state index in [4.69, 9.17) is 0 Å². The van der Waals surface area contributed by atoms with Gasteiger partial charge < -0.3 is 0 Å². The molecule has 0 aliphatic carbocycles. The fourth-order valence-corrected chi connectivity index (χ4v) is 3.88. The molecular weight excluding hydrogens is 422 g/mol. The van der Waals surface area contributed by atoms with Gasteiger partial charge in [-0.2, -0.15) is 31.4 Å². The van der Waals surface area contributed by atoms with Gasteiger partial charge in [0.25, 0.3) is 0 Å². The summed E-state index contributed by atoms with van der Waals surface area (Å²) in [4.78, 5) is 6.18. The average Bonchev–Trinajstić information content (AvgIpc) is 3.08. The molecule has 0 saturated carbocycles. The minimum atomic E-state index is -4.88. The smallest absolute Gasteiger partial charge is 0.285 e. The largest absolute Gasteiger partial charge is 0.416 e. The summed E-state index contributed by atoms with van der Waals surface area (Å²) >= 11 is 0. The van der Waals surface area contributed by atoms with E-state index in [-0.39, 0.29) is 18.2 Å². The van der Waals surface area contributed by atoms with Crippen molar-refractivity contribution in [3.63, 3.8) is 0 Å². The second-order valence-corrected chi connectivity index (χ2v) is 7.39. The van der Waals surface area contributed by atoms with Crippen LogP contribution in [0.3, 0.4) is 0 Å². The molecule has 2 heterocycles. The van der Waals surface area contributed by atoms with Gasteiger partial charge in [-0.15, -0.1) is 0 Å². The highest BCUT2D eigenvalue weighted by molar-refractivity contribution is 5.34. The second-order valence-electron chi connectivity index (χ2n) is 7.39. The first kappa shape index (κ1) is 21.4. The van der Waals surface area contributed by atoms with Gasteiger partial charge in [0.2, 0.25) is 0 Å². The van der Waals surface area contributed by atoms with Crippen LogP contribution >= 0.6 is 0 Å². The molecule has 0 saturated heterocycles. The number of benzene rings is 2. The van der Waals surface area contributed by atoms with E-state index in [1.54, 1.807) is 4.68 Å². The predicted molar refractivity (Wildman–Crippen MR) is 99.8 cm³/mol. The molecule has 1 atom stereocenters. The quantitative estimate of drug-likeness (QED) is 0.518. The van der Waals surface area contributed by atoms with Crippen molar-refractivity contribution in [2.75, 3.05) is 6.54 Å². The van der Waals surface area contributed by atoms with Crippen molar-refractivity contribution in [1.29, 1.82) is 0 Å². The maximum atomic E-state index is 13.3. The average molecular weight is 440 g/mol. The number of nitrogens with zero attached hydrogens (tertiary/aromatic N) is 4. The molecule has 164 valence electrons. The van der Waals surface area contributed by atoms with Crippen LogP contribution in [0.2, 0.25) is 0 Å². The van der Waals surface area contributed by atoms with Crippen molar-refractivity contribution in [3.05, 3.63) is 82.9 Å². The molecule has 4 rings (SSSR count). The van der Waals surface area contributed by atoms with Gasteiger partial charge in [0, 0.05) is 19.6 Å². The zero-order chi connectivity index (χ0) is 22.2. The Hall–Kier alpha value is -2.88. The van der Waals surface area contributed by atoms with Crippen LogP contribution < -0.4 is 0 Å². The number of rotatable bonds is 3. The molecule has 0 amide bonds. The van der Waals surface area contributed by atoms with E-state index in [1.165, 1.54) is 6.33 Å². The molecule has 2 aromatic carbocycles. The first-order valence-electron chi connectivity index (χ1n) is 9.58. The van der Waals surface area contributed by atoms with Gasteiger partial charge in [0.15, 0.2) is 0 Å². The minimum absolute atomic E-state index is 0.0592. The van der Waals surface area contributed by atoms with E-state index in [2.05, 4.69) is 10.1 Å². The topological polar surface area (TPSA) is 34.0 Å². The lowest BCUT2D eigenvalue weighted by molar-refractivity contribution is -0.143. The maximum absolute atomic E-state index is 13.3. The number of hydrogen-bond donors (Lipinski definition) is 0. The molecule has 0 N–H and O–H groups in total. The molecule has 1 unspecified atom stereocenters. The summed E-state index contributed by atoms with van der Waals surface area (Å²) in [5.74, 6) is 0.603. The van der Waals surface area contributed by atoms with Crippen LogP contribution in [0.25, 0.3) is 0 Å². The van der Waals surface area contributed by atoms with Crippen molar-refractivity contribution in [3.8, 4) is 0 Å². The van der Waals surface area contributed by atoms with Crippen molar-refractivity contribution in [1.82, 2.24) is 19.7 Å². The zero-order valence-electron chi connectivity index (χ0n) is 16.2. The van der Waals surface area contributed by atoms with Crippen LogP contribution in [-0.4, -0.2) is 26.2 Å². The van der Waals surface area contributed by atoms with E-state index < -0.39 is 29.5 Å². The third-order valence-corrected chi connectivity index (χ3v) is 5.22. The van der Waals surface area contributed by atoms with E-state index in [0.717, 1.165) is 17.7 Å².